The third-order valence-electron chi connectivity index (χ3n) is 5.81. The Balaban J connectivity index is 1.30. The number of fused-ring (bicyclic) bond motifs is 1. The summed E-state index contributed by atoms with van der Waals surface area (Å²) in [4.78, 5) is 25.6. The van der Waals surface area contributed by atoms with E-state index in [9.17, 15) is 4.79 Å². The van der Waals surface area contributed by atoms with Crippen LogP contribution in [0.2, 0.25) is 0 Å². The Morgan fingerprint density at radius 1 is 0.816 bits per heavy atom. The number of pyridine rings is 3. The van der Waals surface area contributed by atoms with Crippen molar-refractivity contribution in [1.29, 1.82) is 0 Å². The van der Waals surface area contributed by atoms with Crippen LogP contribution in [-0.2, 0) is 6.54 Å². The molecule has 190 valence electrons. The molecule has 38 heavy (non-hydrogen) atoms. The molecule has 0 radical (unpaired) electrons. The van der Waals surface area contributed by atoms with Gasteiger partial charge in [-0.05, 0) is 66.2 Å². The van der Waals surface area contributed by atoms with Crippen LogP contribution in [0.4, 0.5) is 11.5 Å². The molecule has 3 aromatic heterocycles. The Kier molecular flexibility index (Phi) is 7.26. The predicted octanol–water partition coefficient (Wildman–Crippen LogP) is 5.51. The molecule has 5 aromatic rings. The van der Waals surface area contributed by atoms with E-state index in [4.69, 9.17) is 14.2 Å². The van der Waals surface area contributed by atoms with Crippen LogP contribution >= 0.6 is 0 Å². The number of nitrogens with one attached hydrogen (secondary N) is 2. The van der Waals surface area contributed by atoms with E-state index in [1.165, 1.54) is 0 Å². The largest absolute Gasteiger partial charge is 0.493 e. The van der Waals surface area contributed by atoms with Gasteiger partial charge in [0.2, 0.25) is 0 Å². The van der Waals surface area contributed by atoms with Crippen molar-refractivity contribution >= 4 is 28.3 Å². The molecular formula is C29H25N5O4. The molecule has 0 saturated carbocycles. The van der Waals surface area contributed by atoms with E-state index >= 15 is 0 Å². The molecule has 5 rings (SSSR count). The normalized spacial score (nSPS) is 10.6. The number of carbonyl (C=O) groups is 1. The van der Waals surface area contributed by atoms with Crippen LogP contribution < -0.4 is 24.8 Å². The zero-order chi connectivity index (χ0) is 26.3. The number of anilines is 2. The third-order valence-corrected chi connectivity index (χ3v) is 5.81. The maximum atomic E-state index is 12.8. The molecule has 0 aliphatic heterocycles. The minimum absolute atomic E-state index is 0.228. The average Bonchev–Trinajstić information content (AvgIpc) is 2.97. The van der Waals surface area contributed by atoms with Crippen molar-refractivity contribution in [3.05, 3.63) is 103 Å². The highest BCUT2D eigenvalue weighted by Crippen LogP contribution is 2.37. The van der Waals surface area contributed by atoms with Gasteiger partial charge in [0, 0.05) is 48.5 Å². The zero-order valence-electron chi connectivity index (χ0n) is 20.8. The summed E-state index contributed by atoms with van der Waals surface area (Å²) in [5.41, 5.74) is 2.88. The summed E-state index contributed by atoms with van der Waals surface area (Å²) in [6.07, 6.45) is 6.70. The number of hydrogen-bond donors (Lipinski definition) is 2. The Hall–Kier alpha value is -5.18. The first kappa shape index (κ1) is 24.5. The topological polar surface area (TPSA) is 107 Å². The highest BCUT2D eigenvalue weighted by molar-refractivity contribution is 5.99. The van der Waals surface area contributed by atoms with Crippen molar-refractivity contribution in [3.8, 4) is 23.0 Å². The lowest BCUT2D eigenvalue weighted by Crippen LogP contribution is -2.24. The van der Waals surface area contributed by atoms with Gasteiger partial charge < -0.3 is 24.8 Å². The minimum atomic E-state index is -0.228. The predicted molar refractivity (Wildman–Crippen MR) is 144 cm³/mol. The molecule has 0 atom stereocenters. The number of carbonyl (C=O) groups excluding carboxylic acids is 1. The molecule has 1 amide bonds. The van der Waals surface area contributed by atoms with Crippen molar-refractivity contribution in [3.63, 3.8) is 0 Å². The van der Waals surface area contributed by atoms with Gasteiger partial charge in [-0.15, -0.1) is 0 Å². The van der Waals surface area contributed by atoms with Crippen LogP contribution in [0.5, 0.6) is 23.0 Å². The zero-order valence-corrected chi connectivity index (χ0v) is 20.8. The number of ether oxygens (including phenoxy) is 3. The van der Waals surface area contributed by atoms with Gasteiger partial charge in [0.15, 0.2) is 11.5 Å². The van der Waals surface area contributed by atoms with Gasteiger partial charge in [-0.2, -0.15) is 0 Å². The third kappa shape index (κ3) is 5.46. The van der Waals surface area contributed by atoms with Crippen LogP contribution in [0.15, 0.2) is 91.5 Å². The van der Waals surface area contributed by atoms with Crippen LogP contribution in [0.1, 0.15) is 15.9 Å². The van der Waals surface area contributed by atoms with E-state index in [0.717, 1.165) is 22.2 Å². The lowest BCUT2D eigenvalue weighted by Gasteiger charge is -2.13. The fourth-order valence-electron chi connectivity index (χ4n) is 3.87. The van der Waals surface area contributed by atoms with Gasteiger partial charge in [0.1, 0.15) is 17.3 Å². The number of hydrogen-bond acceptors (Lipinski definition) is 8. The van der Waals surface area contributed by atoms with E-state index in [-0.39, 0.29) is 5.91 Å². The Bertz CT molecular complexity index is 1560. The quantitative estimate of drug-likeness (QED) is 0.269. The maximum Gasteiger partial charge on any atom is 0.255 e. The maximum absolute atomic E-state index is 12.8. The monoisotopic (exact) mass is 507 g/mol. The fourth-order valence-corrected chi connectivity index (χ4v) is 3.87. The molecule has 2 aromatic carbocycles. The summed E-state index contributed by atoms with van der Waals surface area (Å²) in [6.45, 7) is 0.393. The van der Waals surface area contributed by atoms with Gasteiger partial charge in [0.25, 0.3) is 5.91 Å². The summed E-state index contributed by atoms with van der Waals surface area (Å²) in [6, 6.07) is 20.0. The van der Waals surface area contributed by atoms with Gasteiger partial charge in [-0.25, -0.2) is 4.98 Å². The van der Waals surface area contributed by atoms with Crippen LogP contribution in [0.25, 0.3) is 10.9 Å². The number of aromatic nitrogens is 3. The van der Waals surface area contributed by atoms with Crippen molar-refractivity contribution in [2.24, 2.45) is 0 Å². The van der Waals surface area contributed by atoms with Crippen LogP contribution in [0.3, 0.4) is 0 Å². The van der Waals surface area contributed by atoms with Crippen molar-refractivity contribution < 1.29 is 19.0 Å². The smallest absolute Gasteiger partial charge is 0.255 e. The second kappa shape index (κ2) is 11.3. The molecule has 0 spiro atoms. The van der Waals surface area contributed by atoms with E-state index in [0.29, 0.717) is 40.9 Å². The summed E-state index contributed by atoms with van der Waals surface area (Å²) in [5.74, 6) is 2.68. The lowest BCUT2D eigenvalue weighted by molar-refractivity contribution is 0.0951. The molecule has 0 aliphatic carbocycles. The van der Waals surface area contributed by atoms with Gasteiger partial charge in [-0.3, -0.25) is 14.8 Å². The molecule has 9 nitrogen and oxygen atoms in total. The summed E-state index contributed by atoms with van der Waals surface area (Å²) < 4.78 is 17.0. The van der Waals surface area contributed by atoms with Gasteiger partial charge >= 0.3 is 0 Å². The van der Waals surface area contributed by atoms with Crippen LogP contribution in [0, 0.1) is 0 Å². The average molecular weight is 508 g/mol. The molecule has 2 N–H and O–H groups in total. The second-order valence-electron chi connectivity index (χ2n) is 8.22. The van der Waals surface area contributed by atoms with E-state index in [1.807, 2.05) is 48.5 Å². The highest BCUT2D eigenvalue weighted by Gasteiger charge is 2.14. The van der Waals surface area contributed by atoms with E-state index in [1.54, 1.807) is 57.2 Å². The Morgan fingerprint density at radius 3 is 2.34 bits per heavy atom. The Morgan fingerprint density at radius 2 is 1.58 bits per heavy atom. The molecule has 0 unspecified atom stereocenters. The first-order valence-electron chi connectivity index (χ1n) is 11.8. The first-order chi connectivity index (χ1) is 18.6. The number of methoxy groups -OCH3 is 2. The molecule has 3 heterocycles. The summed E-state index contributed by atoms with van der Waals surface area (Å²) in [7, 11) is 3.17. The van der Waals surface area contributed by atoms with E-state index in [2.05, 4.69) is 25.6 Å². The number of benzene rings is 2. The standard InChI is InChI=1S/C29H25N5O4/c1-36-26-16-23-24(17-27(26)37-2)31-15-11-25(23)38-21-7-5-20(6-8-21)34-28-22(4-3-12-32-28)29(35)33-18-19-9-13-30-14-10-19/h3-17H,18H2,1-2H3,(H,32,34)(H,33,35). The Labute approximate surface area is 219 Å². The van der Waals surface area contributed by atoms with E-state index < -0.39 is 0 Å². The number of amides is 1. The molecule has 0 saturated heterocycles. The van der Waals surface area contributed by atoms with Gasteiger partial charge in [0.05, 0.1) is 25.3 Å². The van der Waals surface area contributed by atoms with Crippen molar-refractivity contribution in [2.75, 3.05) is 19.5 Å². The fraction of sp³-hybridized carbons (Fsp3) is 0.103. The second-order valence-corrected chi connectivity index (χ2v) is 8.22. The molecule has 0 bridgehead atoms. The highest BCUT2D eigenvalue weighted by atomic mass is 16.5. The minimum Gasteiger partial charge on any atom is -0.493 e. The SMILES string of the molecule is COc1cc2nccc(Oc3ccc(Nc4ncccc4C(=O)NCc4ccncc4)cc3)c2cc1OC. The first-order valence-corrected chi connectivity index (χ1v) is 11.8. The van der Waals surface area contributed by atoms with Crippen molar-refractivity contribution in [1.82, 2.24) is 20.3 Å². The van der Waals surface area contributed by atoms with Crippen LogP contribution in [-0.4, -0.2) is 35.1 Å². The molecule has 0 fully saturated rings. The van der Waals surface area contributed by atoms with Crippen molar-refractivity contribution in [2.45, 2.75) is 6.54 Å². The lowest BCUT2D eigenvalue weighted by atomic mass is 10.2. The number of nitrogens with zero attached hydrogens (tertiary/aromatic N) is 3. The molecular weight excluding hydrogens is 482 g/mol. The van der Waals surface area contributed by atoms with Gasteiger partial charge in [-0.1, -0.05) is 0 Å². The number of rotatable bonds is 9. The summed E-state index contributed by atoms with van der Waals surface area (Å²) in [5, 5.41) is 6.94. The molecule has 9 heteroatoms. The molecule has 0 aliphatic rings. The summed E-state index contributed by atoms with van der Waals surface area (Å²) >= 11 is 0.